The molecular formula is C29H45NO8. The number of hydrogen-bond donors (Lipinski definition) is 0. The van der Waals surface area contributed by atoms with Gasteiger partial charge in [0.15, 0.2) is 5.75 Å². The molecule has 1 aromatic rings. The number of esters is 3. The van der Waals surface area contributed by atoms with E-state index in [1.807, 2.05) is 0 Å². The number of carbonyl (C=O) groups is 3. The van der Waals surface area contributed by atoms with Crippen molar-refractivity contribution >= 4 is 23.6 Å². The average Bonchev–Trinajstić information content (AvgIpc) is 2.85. The smallest absolute Gasteiger partial charge is 0.315 e. The maximum absolute atomic E-state index is 12.0. The van der Waals surface area contributed by atoms with Crippen molar-refractivity contribution in [2.45, 2.75) is 124 Å². The Morgan fingerprint density at radius 2 is 1.32 bits per heavy atom. The molecule has 0 atom stereocenters. The van der Waals surface area contributed by atoms with Gasteiger partial charge in [-0.25, -0.2) is 0 Å². The van der Waals surface area contributed by atoms with Crippen LogP contribution in [0, 0.1) is 10.1 Å². The van der Waals surface area contributed by atoms with Crippen molar-refractivity contribution in [3.05, 3.63) is 27.8 Å². The van der Waals surface area contributed by atoms with E-state index in [0.29, 0.717) is 31.4 Å². The van der Waals surface area contributed by atoms with E-state index in [4.69, 9.17) is 14.2 Å². The van der Waals surface area contributed by atoms with Crippen LogP contribution in [-0.4, -0.2) is 29.4 Å². The molecule has 38 heavy (non-hydrogen) atoms. The molecule has 0 saturated heterocycles. The van der Waals surface area contributed by atoms with Gasteiger partial charge in [-0.05, 0) is 37.3 Å². The van der Waals surface area contributed by atoms with Gasteiger partial charge in [0, 0.05) is 26.3 Å². The number of carbonyl (C=O) groups excluding carboxylic acids is 3. The lowest BCUT2D eigenvalue weighted by molar-refractivity contribution is -0.385. The first kappa shape index (κ1) is 33.1. The fourth-order valence-corrected chi connectivity index (χ4v) is 4.20. The van der Waals surface area contributed by atoms with Gasteiger partial charge in [0.05, 0.1) is 11.5 Å². The highest BCUT2D eigenvalue weighted by Gasteiger charge is 2.25. The zero-order chi connectivity index (χ0) is 28.2. The molecule has 9 heteroatoms. The minimum absolute atomic E-state index is 0.182. The summed E-state index contributed by atoms with van der Waals surface area (Å²) in [7, 11) is 0. The first-order valence-electron chi connectivity index (χ1n) is 14.1. The Morgan fingerprint density at radius 3 is 1.84 bits per heavy atom. The zero-order valence-corrected chi connectivity index (χ0v) is 23.4. The van der Waals surface area contributed by atoms with Crippen LogP contribution in [0.4, 0.5) is 5.69 Å². The summed E-state index contributed by atoms with van der Waals surface area (Å²) in [6.07, 6.45) is 16.8. The van der Waals surface area contributed by atoms with Gasteiger partial charge in [-0.1, -0.05) is 77.6 Å². The van der Waals surface area contributed by atoms with E-state index in [1.165, 1.54) is 76.3 Å². The Hall–Kier alpha value is -2.97. The number of unbranched alkanes of at least 4 members (excludes halogenated alkanes) is 12. The van der Waals surface area contributed by atoms with E-state index in [-0.39, 0.29) is 18.1 Å². The molecule has 1 aromatic carbocycles. The summed E-state index contributed by atoms with van der Waals surface area (Å²) in [5.74, 6) is -2.29. The van der Waals surface area contributed by atoms with Crippen LogP contribution in [0.1, 0.15) is 123 Å². The van der Waals surface area contributed by atoms with Crippen LogP contribution in [-0.2, 0) is 25.5 Å². The normalized spacial score (nSPS) is 10.7. The molecule has 0 amide bonds. The molecule has 0 aromatic heterocycles. The SMILES string of the molecule is CCCCCCCCCCCCCCOC(=O)CCCCc1cc(OC(C)=O)c(OC(C)=O)c([N+](=O)[O-])c1. The molecule has 0 spiro atoms. The minimum atomic E-state index is -0.767. The summed E-state index contributed by atoms with van der Waals surface area (Å²) in [5, 5.41) is 11.5. The molecule has 0 aliphatic rings. The van der Waals surface area contributed by atoms with Gasteiger partial charge >= 0.3 is 23.6 Å². The van der Waals surface area contributed by atoms with Gasteiger partial charge in [0.1, 0.15) is 0 Å². The average molecular weight is 536 g/mol. The summed E-state index contributed by atoms with van der Waals surface area (Å²) in [6.45, 7) is 4.93. The van der Waals surface area contributed by atoms with Crippen LogP contribution < -0.4 is 9.47 Å². The van der Waals surface area contributed by atoms with Crippen molar-refractivity contribution in [2.75, 3.05) is 6.61 Å². The molecular weight excluding hydrogens is 490 g/mol. The molecule has 9 nitrogen and oxygen atoms in total. The third-order valence-corrected chi connectivity index (χ3v) is 6.15. The first-order chi connectivity index (χ1) is 18.2. The van der Waals surface area contributed by atoms with E-state index in [2.05, 4.69) is 6.92 Å². The van der Waals surface area contributed by atoms with Crippen molar-refractivity contribution < 1.29 is 33.5 Å². The number of rotatable bonds is 21. The minimum Gasteiger partial charge on any atom is -0.466 e. The Bertz CT molecular complexity index is 884. The first-order valence-corrected chi connectivity index (χ1v) is 14.1. The number of aryl methyl sites for hydroxylation is 1. The molecule has 1 rings (SSSR count). The monoisotopic (exact) mass is 535 g/mol. The third kappa shape index (κ3) is 15.3. The molecule has 0 heterocycles. The second kappa shape index (κ2) is 20.1. The summed E-state index contributed by atoms with van der Waals surface area (Å²) in [5.41, 5.74) is 0.0736. The lowest BCUT2D eigenvalue weighted by Gasteiger charge is -2.11. The van der Waals surface area contributed by atoms with Crippen LogP contribution in [0.3, 0.4) is 0 Å². The van der Waals surface area contributed by atoms with Crippen LogP contribution >= 0.6 is 0 Å². The highest BCUT2D eigenvalue weighted by Crippen LogP contribution is 2.39. The quantitative estimate of drug-likeness (QED) is 0.0524. The largest absolute Gasteiger partial charge is 0.466 e. The summed E-state index contributed by atoms with van der Waals surface area (Å²) in [6, 6.07) is 2.73. The number of benzene rings is 1. The van der Waals surface area contributed by atoms with Crippen LogP contribution in [0.5, 0.6) is 11.5 Å². The number of nitro groups is 1. The predicted molar refractivity (Wildman–Crippen MR) is 145 cm³/mol. The second-order valence-electron chi connectivity index (χ2n) is 9.70. The summed E-state index contributed by atoms with van der Waals surface area (Å²) in [4.78, 5) is 45.6. The Morgan fingerprint density at radius 1 is 0.763 bits per heavy atom. The highest BCUT2D eigenvalue weighted by atomic mass is 16.6. The number of hydrogen-bond acceptors (Lipinski definition) is 8. The predicted octanol–water partition coefficient (Wildman–Crippen LogP) is 7.40. The van der Waals surface area contributed by atoms with Crippen molar-refractivity contribution in [3.8, 4) is 11.5 Å². The van der Waals surface area contributed by atoms with Gasteiger partial charge in [-0.3, -0.25) is 24.5 Å². The number of ether oxygens (including phenoxy) is 3. The van der Waals surface area contributed by atoms with Gasteiger partial charge in [0.25, 0.3) is 5.75 Å². The highest BCUT2D eigenvalue weighted by molar-refractivity contribution is 5.76. The Balaban J connectivity index is 2.27. The Kier molecular flexibility index (Phi) is 17.4. The van der Waals surface area contributed by atoms with Crippen LogP contribution in [0.2, 0.25) is 0 Å². The lowest BCUT2D eigenvalue weighted by atomic mass is 10.1. The summed E-state index contributed by atoms with van der Waals surface area (Å²) >= 11 is 0. The molecule has 0 aliphatic heterocycles. The standard InChI is InChI=1S/C29H45NO8/c1-4-5-6-7-8-9-10-11-12-13-14-17-20-36-28(33)19-16-15-18-25-21-26(30(34)35)29(38-24(3)32)27(22-25)37-23(2)31/h21-22H,4-20H2,1-3H3. The maximum atomic E-state index is 12.0. The van der Waals surface area contributed by atoms with Gasteiger partial charge in [0.2, 0.25) is 0 Å². The third-order valence-electron chi connectivity index (χ3n) is 6.15. The number of nitro benzene ring substituents is 1. The fraction of sp³-hybridized carbons (Fsp3) is 0.690. The second-order valence-corrected chi connectivity index (χ2v) is 9.70. The molecule has 0 fully saturated rings. The van der Waals surface area contributed by atoms with Crippen molar-refractivity contribution in [3.63, 3.8) is 0 Å². The molecule has 0 unspecified atom stereocenters. The van der Waals surface area contributed by atoms with Crippen molar-refractivity contribution in [1.82, 2.24) is 0 Å². The molecule has 0 bridgehead atoms. The zero-order valence-electron chi connectivity index (χ0n) is 23.4. The van der Waals surface area contributed by atoms with E-state index in [1.54, 1.807) is 0 Å². The van der Waals surface area contributed by atoms with Gasteiger partial charge in [-0.15, -0.1) is 0 Å². The summed E-state index contributed by atoms with van der Waals surface area (Å²) < 4.78 is 15.3. The van der Waals surface area contributed by atoms with Gasteiger partial charge < -0.3 is 14.2 Å². The van der Waals surface area contributed by atoms with Gasteiger partial charge in [-0.2, -0.15) is 0 Å². The van der Waals surface area contributed by atoms with E-state index >= 15 is 0 Å². The van der Waals surface area contributed by atoms with Crippen molar-refractivity contribution in [1.29, 1.82) is 0 Å². The molecule has 0 aliphatic carbocycles. The van der Waals surface area contributed by atoms with E-state index in [0.717, 1.165) is 26.7 Å². The molecule has 214 valence electrons. The van der Waals surface area contributed by atoms with Crippen LogP contribution in [0.15, 0.2) is 12.1 Å². The van der Waals surface area contributed by atoms with E-state index < -0.39 is 28.3 Å². The number of nitrogens with zero attached hydrogens (tertiary/aromatic N) is 1. The molecule has 0 radical (unpaired) electrons. The molecule has 0 N–H and O–H groups in total. The van der Waals surface area contributed by atoms with E-state index in [9.17, 15) is 24.5 Å². The fourth-order valence-electron chi connectivity index (χ4n) is 4.20. The Labute approximate surface area is 226 Å². The maximum Gasteiger partial charge on any atom is 0.315 e. The molecule has 0 saturated carbocycles. The lowest BCUT2D eigenvalue weighted by Crippen LogP contribution is -2.10. The topological polar surface area (TPSA) is 122 Å². The van der Waals surface area contributed by atoms with Crippen LogP contribution in [0.25, 0.3) is 0 Å². The van der Waals surface area contributed by atoms with Crippen molar-refractivity contribution in [2.24, 2.45) is 0 Å².